The molecule has 0 unspecified atom stereocenters. The molecular formula is C15H11F2NO4S. The molecule has 3 aromatic rings. The minimum Gasteiger partial charge on any atom is -0.408 e. The lowest BCUT2D eigenvalue weighted by Gasteiger charge is -2.07. The van der Waals surface area contributed by atoms with Gasteiger partial charge in [0.05, 0.1) is 16.2 Å². The number of hydrogen-bond acceptors (Lipinski definition) is 4. The Hall–Kier alpha value is -2.48. The summed E-state index contributed by atoms with van der Waals surface area (Å²) in [4.78, 5) is 11.2. The fourth-order valence-corrected chi connectivity index (χ4v) is 3.64. The highest BCUT2D eigenvalue weighted by molar-refractivity contribution is 7.90. The summed E-state index contributed by atoms with van der Waals surface area (Å²) < 4.78 is 58.2. The van der Waals surface area contributed by atoms with E-state index in [2.05, 4.69) is 0 Å². The highest BCUT2D eigenvalue weighted by atomic mass is 32.2. The predicted molar refractivity (Wildman–Crippen MR) is 78.7 cm³/mol. The molecule has 23 heavy (non-hydrogen) atoms. The van der Waals surface area contributed by atoms with Gasteiger partial charge in [-0.25, -0.2) is 22.0 Å². The van der Waals surface area contributed by atoms with Crippen molar-refractivity contribution in [3.63, 3.8) is 0 Å². The zero-order valence-corrected chi connectivity index (χ0v) is 12.7. The lowest BCUT2D eigenvalue weighted by Crippen LogP contribution is -2.09. The van der Waals surface area contributed by atoms with Gasteiger partial charge in [0.1, 0.15) is 11.6 Å². The average Bonchev–Trinajstić information content (AvgIpc) is 2.78. The van der Waals surface area contributed by atoms with Crippen molar-refractivity contribution in [3.05, 3.63) is 64.1 Å². The van der Waals surface area contributed by atoms with Crippen molar-refractivity contribution in [1.82, 2.24) is 4.57 Å². The third-order valence-corrected chi connectivity index (χ3v) is 5.16. The summed E-state index contributed by atoms with van der Waals surface area (Å²) in [5, 5.41) is 0. The number of nitrogens with zero attached hydrogens (tertiary/aromatic N) is 1. The number of sulfone groups is 1. The van der Waals surface area contributed by atoms with E-state index < -0.39 is 38.5 Å². The number of halogens is 2. The molecule has 0 aliphatic heterocycles. The van der Waals surface area contributed by atoms with Gasteiger partial charge in [-0.15, -0.1) is 0 Å². The summed E-state index contributed by atoms with van der Waals surface area (Å²) in [5.41, 5.74) is -0.0132. The van der Waals surface area contributed by atoms with E-state index in [0.29, 0.717) is 5.52 Å². The Morgan fingerprint density at radius 2 is 1.78 bits per heavy atom. The van der Waals surface area contributed by atoms with Crippen molar-refractivity contribution < 1.29 is 21.6 Å². The van der Waals surface area contributed by atoms with Crippen molar-refractivity contribution in [2.75, 3.05) is 0 Å². The number of hydrogen-bond donors (Lipinski definition) is 0. The van der Waals surface area contributed by atoms with E-state index in [1.54, 1.807) is 0 Å². The Morgan fingerprint density at radius 3 is 2.43 bits per heavy atom. The van der Waals surface area contributed by atoms with Gasteiger partial charge in [-0.2, -0.15) is 0 Å². The van der Waals surface area contributed by atoms with Crippen molar-refractivity contribution in [3.8, 4) is 0 Å². The SMILES string of the molecule is Cn1c(=O)oc2cc(S(=O)(=O)Cc3c(F)cccc3F)ccc21. The number of benzene rings is 2. The molecule has 120 valence electrons. The first kappa shape index (κ1) is 15.4. The molecule has 1 heterocycles. The topological polar surface area (TPSA) is 69.3 Å². The summed E-state index contributed by atoms with van der Waals surface area (Å²) in [6.45, 7) is 0. The fourth-order valence-electron chi connectivity index (χ4n) is 2.25. The molecule has 0 saturated heterocycles. The second-order valence-corrected chi connectivity index (χ2v) is 7.01. The highest BCUT2D eigenvalue weighted by Crippen LogP contribution is 2.23. The second kappa shape index (κ2) is 5.31. The van der Waals surface area contributed by atoms with Crippen LogP contribution < -0.4 is 5.76 Å². The Balaban J connectivity index is 2.08. The molecule has 0 bridgehead atoms. The van der Waals surface area contributed by atoms with Crippen LogP contribution in [0.25, 0.3) is 11.1 Å². The van der Waals surface area contributed by atoms with E-state index in [4.69, 9.17) is 4.42 Å². The minimum absolute atomic E-state index is 0.0904. The number of fused-ring (bicyclic) bond motifs is 1. The molecule has 0 amide bonds. The van der Waals surface area contributed by atoms with Gasteiger partial charge in [-0.1, -0.05) is 6.07 Å². The maximum atomic E-state index is 13.6. The van der Waals surface area contributed by atoms with Crippen LogP contribution in [0.5, 0.6) is 0 Å². The zero-order valence-electron chi connectivity index (χ0n) is 11.9. The third kappa shape index (κ3) is 2.65. The van der Waals surface area contributed by atoms with E-state index in [0.717, 1.165) is 18.2 Å². The summed E-state index contributed by atoms with van der Waals surface area (Å²) in [7, 11) is -2.52. The van der Waals surface area contributed by atoms with Crippen LogP contribution in [0.2, 0.25) is 0 Å². The molecule has 8 heteroatoms. The Morgan fingerprint density at radius 1 is 1.13 bits per heavy atom. The number of oxazole rings is 1. The van der Waals surface area contributed by atoms with Gasteiger partial charge < -0.3 is 4.42 Å². The van der Waals surface area contributed by atoms with Gasteiger partial charge in [0.15, 0.2) is 15.4 Å². The lowest BCUT2D eigenvalue weighted by atomic mass is 10.2. The normalized spacial score (nSPS) is 12.0. The third-order valence-electron chi connectivity index (χ3n) is 3.52. The molecular weight excluding hydrogens is 328 g/mol. The minimum atomic E-state index is -4.00. The molecule has 0 saturated carbocycles. The first-order valence-electron chi connectivity index (χ1n) is 6.55. The smallest absolute Gasteiger partial charge is 0.408 e. The molecule has 0 radical (unpaired) electrons. The van der Waals surface area contributed by atoms with E-state index in [9.17, 15) is 22.0 Å². The number of rotatable bonds is 3. The summed E-state index contributed by atoms with van der Waals surface area (Å²) in [6.07, 6.45) is 0. The molecule has 5 nitrogen and oxygen atoms in total. The standard InChI is InChI=1S/C15H11F2NO4S/c1-18-13-6-5-9(7-14(13)22-15(18)19)23(20,21)8-10-11(16)3-2-4-12(10)17/h2-7H,8H2,1H3. The molecule has 0 N–H and O–H groups in total. The number of aryl methyl sites for hydroxylation is 1. The van der Waals surface area contributed by atoms with Crippen LogP contribution in [0.1, 0.15) is 5.56 Å². The maximum Gasteiger partial charge on any atom is 0.419 e. The van der Waals surface area contributed by atoms with E-state index in [1.807, 2.05) is 0 Å². The Kier molecular flexibility index (Phi) is 3.56. The molecule has 0 atom stereocenters. The molecule has 2 aromatic carbocycles. The van der Waals surface area contributed by atoms with Crippen LogP contribution >= 0.6 is 0 Å². The molecule has 1 aromatic heterocycles. The van der Waals surface area contributed by atoms with Gasteiger partial charge in [-0.3, -0.25) is 4.57 Å². The van der Waals surface area contributed by atoms with Gasteiger partial charge in [0, 0.05) is 18.7 Å². The van der Waals surface area contributed by atoms with E-state index >= 15 is 0 Å². The first-order valence-corrected chi connectivity index (χ1v) is 8.20. The van der Waals surface area contributed by atoms with Crippen molar-refractivity contribution in [2.45, 2.75) is 10.6 Å². The van der Waals surface area contributed by atoms with Gasteiger partial charge in [-0.05, 0) is 24.3 Å². The first-order chi connectivity index (χ1) is 10.8. The van der Waals surface area contributed by atoms with Crippen molar-refractivity contribution >= 4 is 20.9 Å². The van der Waals surface area contributed by atoms with Crippen molar-refractivity contribution in [1.29, 1.82) is 0 Å². The Bertz CT molecular complexity index is 1050. The average molecular weight is 339 g/mol. The highest BCUT2D eigenvalue weighted by Gasteiger charge is 2.21. The lowest BCUT2D eigenvalue weighted by molar-refractivity contribution is 0.527. The summed E-state index contributed by atoms with van der Waals surface area (Å²) in [5.74, 6) is -3.31. The Labute approximate surface area is 129 Å². The van der Waals surface area contributed by atoms with Gasteiger partial charge in [0.25, 0.3) is 0 Å². The fraction of sp³-hybridized carbons (Fsp3) is 0.133. The van der Waals surface area contributed by atoms with Crippen LogP contribution in [-0.2, 0) is 22.6 Å². The van der Waals surface area contributed by atoms with E-state index in [-0.39, 0.29) is 10.5 Å². The molecule has 0 aliphatic carbocycles. The van der Waals surface area contributed by atoms with Crippen LogP contribution in [-0.4, -0.2) is 13.0 Å². The van der Waals surface area contributed by atoms with Crippen molar-refractivity contribution in [2.24, 2.45) is 7.05 Å². The van der Waals surface area contributed by atoms with Crippen LogP contribution in [0, 0.1) is 11.6 Å². The monoisotopic (exact) mass is 339 g/mol. The predicted octanol–water partition coefficient (Wildman–Crippen LogP) is 2.38. The molecule has 0 spiro atoms. The van der Waals surface area contributed by atoms with Gasteiger partial charge in [0.2, 0.25) is 0 Å². The molecule has 3 rings (SSSR count). The van der Waals surface area contributed by atoms with E-state index in [1.165, 1.54) is 29.8 Å². The second-order valence-electron chi connectivity index (χ2n) is 5.02. The molecule has 0 fully saturated rings. The molecule has 0 aliphatic rings. The van der Waals surface area contributed by atoms with Gasteiger partial charge >= 0.3 is 5.76 Å². The van der Waals surface area contributed by atoms with Crippen LogP contribution in [0.4, 0.5) is 8.78 Å². The quantitative estimate of drug-likeness (QED) is 0.735. The van der Waals surface area contributed by atoms with Crippen LogP contribution in [0.15, 0.2) is 50.5 Å². The summed E-state index contributed by atoms with van der Waals surface area (Å²) in [6, 6.07) is 6.99. The number of aromatic nitrogens is 1. The maximum absolute atomic E-state index is 13.6. The largest absolute Gasteiger partial charge is 0.419 e. The van der Waals surface area contributed by atoms with Crippen LogP contribution in [0.3, 0.4) is 0 Å². The summed E-state index contributed by atoms with van der Waals surface area (Å²) >= 11 is 0. The zero-order chi connectivity index (χ0) is 16.8.